The molecule has 0 spiro atoms. The lowest BCUT2D eigenvalue weighted by atomic mass is 10.0. The normalized spacial score (nSPS) is 12.0. The molecular formula is C88H174O5. The SMILES string of the molecule is CCCCCCCCCCCCCCCCCCCCCCCCCCCCCCCCCCCCCCCCCCCC(=O)OC(CO)COC(=O)CCCCCCCCCCCCCCCCCCCCCCCCCCCCCCCCCCCCCCCC. The second-order valence-electron chi connectivity index (χ2n) is 30.7. The van der Waals surface area contributed by atoms with Gasteiger partial charge in [-0.3, -0.25) is 9.59 Å². The van der Waals surface area contributed by atoms with Gasteiger partial charge in [-0.1, -0.05) is 508 Å². The lowest BCUT2D eigenvalue weighted by Crippen LogP contribution is -2.28. The fourth-order valence-electron chi connectivity index (χ4n) is 14.6. The Morgan fingerprint density at radius 3 is 0.473 bits per heavy atom. The molecule has 0 aliphatic rings. The lowest BCUT2D eigenvalue weighted by Gasteiger charge is -2.15. The Kier molecular flexibility index (Phi) is 84.1. The zero-order chi connectivity index (χ0) is 66.8. The van der Waals surface area contributed by atoms with Gasteiger partial charge < -0.3 is 14.6 Å². The van der Waals surface area contributed by atoms with E-state index in [1.807, 2.05) is 0 Å². The third-order valence-electron chi connectivity index (χ3n) is 21.2. The summed E-state index contributed by atoms with van der Waals surface area (Å²) >= 11 is 0. The Morgan fingerprint density at radius 2 is 0.333 bits per heavy atom. The fourth-order valence-corrected chi connectivity index (χ4v) is 14.6. The maximum atomic E-state index is 12.4. The summed E-state index contributed by atoms with van der Waals surface area (Å²) < 4.78 is 10.8. The summed E-state index contributed by atoms with van der Waals surface area (Å²) in [7, 11) is 0. The molecule has 0 bridgehead atoms. The molecule has 556 valence electrons. The molecule has 0 saturated heterocycles. The molecule has 1 N–H and O–H groups in total. The summed E-state index contributed by atoms with van der Waals surface area (Å²) in [6.07, 6.45) is 111. The molecule has 0 aromatic carbocycles. The molecule has 0 aliphatic carbocycles. The van der Waals surface area contributed by atoms with E-state index in [0.717, 1.165) is 32.1 Å². The summed E-state index contributed by atoms with van der Waals surface area (Å²) in [6.45, 7) is 4.24. The van der Waals surface area contributed by atoms with Crippen molar-refractivity contribution in [2.75, 3.05) is 13.2 Å². The van der Waals surface area contributed by atoms with Crippen LogP contribution in [0.3, 0.4) is 0 Å². The lowest BCUT2D eigenvalue weighted by molar-refractivity contribution is -0.161. The third kappa shape index (κ3) is 83.2. The van der Waals surface area contributed by atoms with Gasteiger partial charge in [-0.15, -0.1) is 0 Å². The first-order chi connectivity index (χ1) is 46.1. The third-order valence-corrected chi connectivity index (χ3v) is 21.2. The number of carbonyl (C=O) groups excluding carboxylic acids is 2. The van der Waals surface area contributed by atoms with Gasteiger partial charge in [-0.05, 0) is 12.8 Å². The first kappa shape index (κ1) is 91.9. The average molecular weight is 1310 g/mol. The van der Waals surface area contributed by atoms with E-state index in [1.54, 1.807) is 0 Å². The van der Waals surface area contributed by atoms with Gasteiger partial charge in [0.05, 0.1) is 6.61 Å². The van der Waals surface area contributed by atoms with Gasteiger partial charge in [0.25, 0.3) is 0 Å². The van der Waals surface area contributed by atoms with E-state index in [-0.39, 0.29) is 25.2 Å². The van der Waals surface area contributed by atoms with Gasteiger partial charge in [0.15, 0.2) is 6.10 Å². The van der Waals surface area contributed by atoms with Gasteiger partial charge in [0, 0.05) is 12.8 Å². The first-order valence-electron chi connectivity index (χ1n) is 44.1. The Morgan fingerprint density at radius 1 is 0.204 bits per heavy atom. The van der Waals surface area contributed by atoms with Crippen LogP contribution in [0.15, 0.2) is 0 Å². The minimum absolute atomic E-state index is 0.0550. The van der Waals surface area contributed by atoms with Crippen LogP contribution in [0, 0.1) is 0 Å². The van der Waals surface area contributed by atoms with Crippen LogP contribution >= 0.6 is 0 Å². The summed E-state index contributed by atoms with van der Waals surface area (Å²) in [5, 5.41) is 9.74. The molecule has 0 aromatic rings. The number of aliphatic hydroxyl groups excluding tert-OH is 1. The van der Waals surface area contributed by atoms with Crippen molar-refractivity contribution in [3.63, 3.8) is 0 Å². The van der Waals surface area contributed by atoms with Crippen LogP contribution in [-0.2, 0) is 19.1 Å². The summed E-state index contributed by atoms with van der Waals surface area (Å²) in [5.41, 5.74) is 0. The Hall–Kier alpha value is -1.10. The molecule has 0 radical (unpaired) electrons. The van der Waals surface area contributed by atoms with Crippen molar-refractivity contribution in [3.05, 3.63) is 0 Å². The minimum atomic E-state index is -0.767. The van der Waals surface area contributed by atoms with Crippen LogP contribution < -0.4 is 0 Å². The first-order valence-corrected chi connectivity index (χ1v) is 44.1. The van der Waals surface area contributed by atoms with Crippen LogP contribution in [0.25, 0.3) is 0 Å². The second kappa shape index (κ2) is 85.1. The van der Waals surface area contributed by atoms with E-state index in [2.05, 4.69) is 13.8 Å². The highest BCUT2D eigenvalue weighted by molar-refractivity contribution is 5.70. The number of ether oxygens (including phenoxy) is 2. The number of aliphatic hydroxyl groups is 1. The molecule has 0 rings (SSSR count). The molecule has 93 heavy (non-hydrogen) atoms. The van der Waals surface area contributed by atoms with E-state index in [4.69, 9.17) is 9.47 Å². The summed E-state index contributed by atoms with van der Waals surface area (Å²) in [4.78, 5) is 24.8. The van der Waals surface area contributed by atoms with Crippen LogP contribution in [-0.4, -0.2) is 36.4 Å². The van der Waals surface area contributed by atoms with Gasteiger partial charge in [-0.25, -0.2) is 0 Å². The molecule has 1 unspecified atom stereocenters. The predicted molar refractivity (Wildman–Crippen MR) is 413 cm³/mol. The fraction of sp³-hybridized carbons (Fsp3) is 0.977. The van der Waals surface area contributed by atoms with Crippen molar-refractivity contribution in [2.45, 2.75) is 540 Å². The second-order valence-corrected chi connectivity index (χ2v) is 30.7. The standard InChI is InChI=1S/C88H174O5/c1-3-5-7-9-11-13-15-17-19-21-23-25-27-29-31-33-35-37-39-41-43-44-45-47-49-51-53-55-57-59-61-63-65-67-69-71-73-75-77-79-81-83-88(91)93-86(84-89)85-92-87(90)82-80-78-76-74-72-70-68-66-64-62-60-58-56-54-52-50-48-46-42-40-38-36-34-32-30-28-26-24-22-20-18-16-14-12-10-8-6-4-2/h86,89H,3-85H2,1-2H3. The number of esters is 2. The van der Waals surface area contributed by atoms with Crippen molar-refractivity contribution in [2.24, 2.45) is 0 Å². The minimum Gasteiger partial charge on any atom is -0.462 e. The Balaban J connectivity index is 3.31. The Labute approximate surface area is 586 Å². The van der Waals surface area contributed by atoms with Crippen LogP contribution in [0.5, 0.6) is 0 Å². The van der Waals surface area contributed by atoms with Gasteiger partial charge in [0.2, 0.25) is 0 Å². The van der Waals surface area contributed by atoms with Crippen molar-refractivity contribution < 1.29 is 24.2 Å². The topological polar surface area (TPSA) is 72.8 Å². The molecule has 1 atom stereocenters. The molecule has 0 aliphatic heterocycles. The molecule has 0 amide bonds. The van der Waals surface area contributed by atoms with Crippen molar-refractivity contribution in [3.8, 4) is 0 Å². The largest absolute Gasteiger partial charge is 0.462 e. The van der Waals surface area contributed by atoms with Gasteiger partial charge in [-0.2, -0.15) is 0 Å². The van der Waals surface area contributed by atoms with E-state index in [1.165, 1.54) is 475 Å². The van der Waals surface area contributed by atoms with E-state index >= 15 is 0 Å². The monoisotopic (exact) mass is 1310 g/mol. The molecular weight excluding hydrogens is 1140 g/mol. The molecule has 0 saturated carbocycles. The summed E-state index contributed by atoms with van der Waals surface area (Å²) in [5.74, 6) is -0.554. The number of hydrogen-bond acceptors (Lipinski definition) is 5. The predicted octanol–water partition coefficient (Wildman–Crippen LogP) is 31.1. The Bertz CT molecular complexity index is 1350. The van der Waals surface area contributed by atoms with E-state index < -0.39 is 6.10 Å². The molecule has 5 heteroatoms. The van der Waals surface area contributed by atoms with E-state index in [9.17, 15) is 14.7 Å². The maximum Gasteiger partial charge on any atom is 0.306 e. The quantitative estimate of drug-likeness (QED) is 0.0485. The molecule has 0 fully saturated rings. The summed E-state index contributed by atoms with van der Waals surface area (Å²) in [6, 6.07) is 0. The van der Waals surface area contributed by atoms with Crippen LogP contribution in [0.4, 0.5) is 0 Å². The average Bonchev–Trinajstić information content (AvgIpc) is 3.59. The molecule has 5 nitrogen and oxygen atoms in total. The van der Waals surface area contributed by atoms with Gasteiger partial charge >= 0.3 is 11.9 Å². The number of carbonyl (C=O) groups is 2. The van der Waals surface area contributed by atoms with Crippen LogP contribution in [0.2, 0.25) is 0 Å². The molecule has 0 aromatic heterocycles. The number of hydrogen-bond donors (Lipinski definition) is 1. The highest BCUT2D eigenvalue weighted by atomic mass is 16.6. The van der Waals surface area contributed by atoms with Crippen molar-refractivity contribution >= 4 is 11.9 Å². The number of unbranched alkanes of at least 4 members (excludes halogenated alkanes) is 77. The zero-order valence-electron chi connectivity index (χ0n) is 64.3. The van der Waals surface area contributed by atoms with Gasteiger partial charge in [0.1, 0.15) is 6.61 Å². The van der Waals surface area contributed by atoms with Crippen molar-refractivity contribution in [1.29, 1.82) is 0 Å². The number of rotatable bonds is 85. The maximum absolute atomic E-state index is 12.4. The highest BCUT2D eigenvalue weighted by Gasteiger charge is 2.16. The van der Waals surface area contributed by atoms with E-state index in [0.29, 0.717) is 12.8 Å². The molecule has 0 heterocycles. The zero-order valence-corrected chi connectivity index (χ0v) is 64.3. The van der Waals surface area contributed by atoms with Crippen molar-refractivity contribution in [1.82, 2.24) is 0 Å². The smallest absolute Gasteiger partial charge is 0.306 e. The highest BCUT2D eigenvalue weighted by Crippen LogP contribution is 2.22. The van der Waals surface area contributed by atoms with Crippen LogP contribution in [0.1, 0.15) is 534 Å².